The summed E-state index contributed by atoms with van der Waals surface area (Å²) < 4.78 is 5.90. The molecule has 154 valence electrons. The number of aromatic nitrogens is 1. The van der Waals surface area contributed by atoms with Gasteiger partial charge in [0.05, 0.1) is 36.8 Å². The van der Waals surface area contributed by atoms with Crippen LogP contribution in [0.5, 0.6) is 0 Å². The van der Waals surface area contributed by atoms with Crippen LogP contribution in [0.15, 0.2) is 54.9 Å². The van der Waals surface area contributed by atoms with Crippen LogP contribution in [0.2, 0.25) is 0 Å². The first-order chi connectivity index (χ1) is 14.1. The molecule has 1 saturated heterocycles. The summed E-state index contributed by atoms with van der Waals surface area (Å²) in [6.45, 7) is 1.71. The van der Waals surface area contributed by atoms with Gasteiger partial charge in [-0.15, -0.1) is 0 Å². The van der Waals surface area contributed by atoms with Gasteiger partial charge in [-0.2, -0.15) is 0 Å². The molecular formula is C22H27N3O4. The molecule has 0 radical (unpaired) electrons. The monoisotopic (exact) mass is 397 g/mol. The van der Waals surface area contributed by atoms with Crippen LogP contribution in [-0.2, 0) is 9.53 Å². The van der Waals surface area contributed by atoms with E-state index in [1.807, 2.05) is 37.3 Å². The molecule has 0 bridgehead atoms. The summed E-state index contributed by atoms with van der Waals surface area (Å²) in [5.41, 5.74) is 1.50. The number of benzene rings is 1. The zero-order valence-electron chi connectivity index (χ0n) is 16.5. The number of aliphatic hydroxyl groups excluding tert-OH is 1. The van der Waals surface area contributed by atoms with E-state index in [4.69, 9.17) is 4.74 Å². The number of rotatable bonds is 7. The van der Waals surface area contributed by atoms with Gasteiger partial charge in [0.2, 0.25) is 5.91 Å². The topological polar surface area (TPSA) is 101 Å². The summed E-state index contributed by atoms with van der Waals surface area (Å²) in [6, 6.07) is 12.7. The average Bonchev–Trinajstić information content (AvgIpc) is 2.75. The minimum Gasteiger partial charge on any atom is -0.394 e. The van der Waals surface area contributed by atoms with Gasteiger partial charge >= 0.3 is 0 Å². The van der Waals surface area contributed by atoms with Crippen molar-refractivity contribution in [1.29, 1.82) is 0 Å². The lowest BCUT2D eigenvalue weighted by Gasteiger charge is -2.36. The van der Waals surface area contributed by atoms with Crippen LogP contribution >= 0.6 is 0 Å². The lowest BCUT2D eigenvalue weighted by atomic mass is 9.96. The SMILES string of the molecule is C[C@@H](NC(=O)C[C@H]1CC[C@H](NC(=O)c2cccnc2)[C@@H](CO)O1)c1ccccc1. The molecule has 2 amide bonds. The predicted octanol–water partition coefficient (Wildman–Crippen LogP) is 1.99. The third kappa shape index (κ3) is 5.85. The first kappa shape index (κ1) is 21.0. The van der Waals surface area contributed by atoms with E-state index in [0.717, 1.165) is 5.56 Å². The van der Waals surface area contributed by atoms with Crippen LogP contribution in [0.25, 0.3) is 0 Å². The highest BCUT2D eigenvalue weighted by atomic mass is 16.5. The molecule has 1 fully saturated rings. The third-order valence-electron chi connectivity index (χ3n) is 5.13. The summed E-state index contributed by atoms with van der Waals surface area (Å²) in [5.74, 6) is -0.348. The summed E-state index contributed by atoms with van der Waals surface area (Å²) in [5, 5.41) is 15.6. The van der Waals surface area contributed by atoms with Gasteiger partial charge in [0.25, 0.3) is 5.91 Å². The number of aliphatic hydroxyl groups is 1. The van der Waals surface area contributed by atoms with Crippen LogP contribution in [0.4, 0.5) is 0 Å². The van der Waals surface area contributed by atoms with E-state index < -0.39 is 6.10 Å². The Morgan fingerprint density at radius 1 is 1.21 bits per heavy atom. The van der Waals surface area contributed by atoms with Crippen molar-refractivity contribution in [2.75, 3.05) is 6.61 Å². The maximum Gasteiger partial charge on any atom is 0.253 e. The van der Waals surface area contributed by atoms with E-state index >= 15 is 0 Å². The van der Waals surface area contributed by atoms with Gasteiger partial charge in [0.15, 0.2) is 0 Å². The summed E-state index contributed by atoms with van der Waals surface area (Å²) in [7, 11) is 0. The van der Waals surface area contributed by atoms with E-state index in [-0.39, 0.29) is 43.0 Å². The highest BCUT2D eigenvalue weighted by Crippen LogP contribution is 2.23. The first-order valence-electron chi connectivity index (χ1n) is 9.88. The molecule has 3 rings (SSSR count). The molecule has 1 aromatic heterocycles. The van der Waals surface area contributed by atoms with Gasteiger partial charge in [-0.3, -0.25) is 14.6 Å². The molecule has 1 aliphatic heterocycles. The molecule has 3 N–H and O–H groups in total. The summed E-state index contributed by atoms with van der Waals surface area (Å²) in [4.78, 5) is 28.7. The van der Waals surface area contributed by atoms with Gasteiger partial charge in [0.1, 0.15) is 6.10 Å². The molecule has 7 heteroatoms. The molecule has 1 aliphatic rings. The number of ether oxygens (including phenoxy) is 1. The van der Waals surface area contributed by atoms with Crippen molar-refractivity contribution in [3.8, 4) is 0 Å². The van der Waals surface area contributed by atoms with E-state index in [2.05, 4.69) is 15.6 Å². The molecule has 0 spiro atoms. The van der Waals surface area contributed by atoms with E-state index in [1.54, 1.807) is 18.3 Å². The van der Waals surface area contributed by atoms with Crippen LogP contribution in [0, 0.1) is 0 Å². The molecule has 1 aromatic carbocycles. The number of carbonyl (C=O) groups excluding carboxylic acids is 2. The van der Waals surface area contributed by atoms with Gasteiger partial charge < -0.3 is 20.5 Å². The molecule has 0 aliphatic carbocycles. The second kappa shape index (κ2) is 10.1. The van der Waals surface area contributed by atoms with Crippen molar-refractivity contribution >= 4 is 11.8 Å². The maximum atomic E-state index is 12.4. The molecule has 0 unspecified atom stereocenters. The van der Waals surface area contributed by atoms with Crippen LogP contribution in [0.1, 0.15) is 48.1 Å². The van der Waals surface area contributed by atoms with Crippen LogP contribution < -0.4 is 10.6 Å². The number of nitrogens with zero attached hydrogens (tertiary/aromatic N) is 1. The Kier molecular flexibility index (Phi) is 7.32. The highest BCUT2D eigenvalue weighted by Gasteiger charge is 2.33. The Hall–Kier alpha value is -2.77. The van der Waals surface area contributed by atoms with Crippen LogP contribution in [0.3, 0.4) is 0 Å². The van der Waals surface area contributed by atoms with Gasteiger partial charge in [-0.1, -0.05) is 30.3 Å². The van der Waals surface area contributed by atoms with Crippen molar-refractivity contribution in [1.82, 2.24) is 15.6 Å². The van der Waals surface area contributed by atoms with Crippen molar-refractivity contribution in [3.05, 3.63) is 66.0 Å². The first-order valence-corrected chi connectivity index (χ1v) is 9.88. The number of hydrogen-bond acceptors (Lipinski definition) is 5. The molecule has 7 nitrogen and oxygen atoms in total. The fourth-order valence-electron chi connectivity index (χ4n) is 3.53. The molecule has 0 saturated carbocycles. The summed E-state index contributed by atoms with van der Waals surface area (Å²) >= 11 is 0. The molecular weight excluding hydrogens is 370 g/mol. The maximum absolute atomic E-state index is 12.4. The predicted molar refractivity (Wildman–Crippen MR) is 108 cm³/mol. The second-order valence-corrected chi connectivity index (χ2v) is 7.28. The number of nitrogens with one attached hydrogen (secondary N) is 2. The molecule has 4 atom stereocenters. The Balaban J connectivity index is 1.50. The third-order valence-corrected chi connectivity index (χ3v) is 5.13. The molecule has 2 heterocycles. The van der Waals surface area contributed by atoms with Crippen molar-refractivity contribution < 1.29 is 19.4 Å². The van der Waals surface area contributed by atoms with Gasteiger partial charge in [0, 0.05) is 12.4 Å². The Morgan fingerprint density at radius 3 is 2.69 bits per heavy atom. The Bertz CT molecular complexity index is 800. The summed E-state index contributed by atoms with van der Waals surface area (Å²) in [6.07, 6.45) is 3.73. The van der Waals surface area contributed by atoms with Crippen molar-refractivity contribution in [2.45, 2.75) is 50.5 Å². The van der Waals surface area contributed by atoms with Gasteiger partial charge in [-0.05, 0) is 37.5 Å². The minimum absolute atomic E-state index is 0.0903. The van der Waals surface area contributed by atoms with Crippen molar-refractivity contribution in [3.63, 3.8) is 0 Å². The van der Waals surface area contributed by atoms with Crippen molar-refractivity contribution in [2.24, 2.45) is 0 Å². The smallest absolute Gasteiger partial charge is 0.253 e. The van der Waals surface area contributed by atoms with E-state index in [1.165, 1.54) is 6.20 Å². The minimum atomic E-state index is -0.547. The number of hydrogen-bond donors (Lipinski definition) is 3. The lowest BCUT2D eigenvalue weighted by Crippen LogP contribution is -2.51. The fraction of sp³-hybridized carbons (Fsp3) is 0.409. The fourth-order valence-corrected chi connectivity index (χ4v) is 3.53. The number of carbonyl (C=O) groups is 2. The number of pyridine rings is 1. The van der Waals surface area contributed by atoms with E-state index in [9.17, 15) is 14.7 Å². The quantitative estimate of drug-likeness (QED) is 0.663. The largest absolute Gasteiger partial charge is 0.394 e. The number of amides is 2. The normalized spacial score (nSPS) is 22.5. The van der Waals surface area contributed by atoms with E-state index in [0.29, 0.717) is 18.4 Å². The Morgan fingerprint density at radius 2 is 2.00 bits per heavy atom. The Labute approximate surface area is 170 Å². The lowest BCUT2D eigenvalue weighted by molar-refractivity contribution is -0.131. The van der Waals surface area contributed by atoms with Crippen LogP contribution in [-0.4, -0.2) is 46.8 Å². The standard InChI is InChI=1S/C22H27N3O4/c1-15(16-6-3-2-4-7-16)24-21(27)12-18-9-10-19(20(14-26)29-18)25-22(28)17-8-5-11-23-13-17/h2-8,11,13,15,18-20,26H,9-10,12,14H2,1H3,(H,24,27)(H,25,28)/t15-,18-,19+,20-/m1/s1. The molecule has 2 aromatic rings. The zero-order valence-corrected chi connectivity index (χ0v) is 16.5. The average molecular weight is 397 g/mol. The van der Waals surface area contributed by atoms with Gasteiger partial charge in [-0.25, -0.2) is 0 Å². The highest BCUT2D eigenvalue weighted by molar-refractivity contribution is 5.94. The second-order valence-electron chi connectivity index (χ2n) is 7.28. The molecule has 29 heavy (non-hydrogen) atoms. The zero-order chi connectivity index (χ0) is 20.6.